The maximum Gasteiger partial charge on any atom is 0.445 e. The summed E-state index contributed by atoms with van der Waals surface area (Å²) in [4.78, 5) is 15.7. The van der Waals surface area contributed by atoms with Crippen molar-refractivity contribution in [3.8, 4) is 0 Å². The Hall–Kier alpha value is -2.07. The molecule has 1 aliphatic heterocycles. The van der Waals surface area contributed by atoms with E-state index in [2.05, 4.69) is 15.5 Å². The van der Waals surface area contributed by atoms with Gasteiger partial charge in [-0.3, -0.25) is 0 Å². The van der Waals surface area contributed by atoms with Crippen molar-refractivity contribution in [1.82, 2.24) is 20.4 Å². The first-order chi connectivity index (χ1) is 12.7. The SMILES string of the molecule is Cc1ccc(Cl)cc1CNC(=O)N1CCN(c2nnc(C(F)(F)F)s2)CC1. The Morgan fingerprint density at radius 2 is 1.96 bits per heavy atom. The number of alkyl halides is 3. The van der Waals surface area contributed by atoms with Gasteiger partial charge in [-0.15, -0.1) is 10.2 Å². The molecule has 3 rings (SSSR count). The number of carbonyl (C=O) groups is 1. The number of benzene rings is 1. The summed E-state index contributed by atoms with van der Waals surface area (Å²) in [5.74, 6) is 0. The number of rotatable bonds is 3. The number of urea groups is 1. The number of halogens is 4. The Kier molecular flexibility index (Phi) is 5.75. The molecule has 2 heterocycles. The van der Waals surface area contributed by atoms with Crippen LogP contribution in [-0.2, 0) is 12.7 Å². The second-order valence-electron chi connectivity index (χ2n) is 6.09. The molecule has 1 aromatic carbocycles. The summed E-state index contributed by atoms with van der Waals surface area (Å²) < 4.78 is 37.9. The number of nitrogens with one attached hydrogen (secondary N) is 1. The minimum atomic E-state index is -4.49. The minimum absolute atomic E-state index is 0.219. The molecule has 0 unspecified atom stereocenters. The van der Waals surface area contributed by atoms with Gasteiger partial charge in [-0.25, -0.2) is 4.79 Å². The molecule has 146 valence electrons. The van der Waals surface area contributed by atoms with Crippen LogP contribution in [0, 0.1) is 6.92 Å². The summed E-state index contributed by atoms with van der Waals surface area (Å²) in [5.41, 5.74) is 1.96. The monoisotopic (exact) mass is 419 g/mol. The predicted octanol–water partition coefficient (Wildman–Crippen LogP) is 3.55. The highest BCUT2D eigenvalue weighted by Crippen LogP contribution is 2.34. The fourth-order valence-corrected chi connectivity index (χ4v) is 3.63. The first-order valence-electron chi connectivity index (χ1n) is 8.17. The lowest BCUT2D eigenvalue weighted by Gasteiger charge is -2.34. The van der Waals surface area contributed by atoms with Gasteiger partial charge in [0.1, 0.15) is 0 Å². The Balaban J connectivity index is 1.52. The molecule has 0 radical (unpaired) electrons. The molecule has 1 fully saturated rings. The summed E-state index contributed by atoms with van der Waals surface area (Å²) in [7, 11) is 0. The average molecular weight is 420 g/mol. The third kappa shape index (κ3) is 4.81. The normalized spacial score (nSPS) is 15.1. The molecule has 0 saturated carbocycles. The topological polar surface area (TPSA) is 61.4 Å². The van der Waals surface area contributed by atoms with Crippen molar-refractivity contribution >= 4 is 34.1 Å². The molecule has 1 aliphatic rings. The van der Waals surface area contributed by atoms with Crippen molar-refractivity contribution in [2.75, 3.05) is 31.1 Å². The largest absolute Gasteiger partial charge is 0.445 e. The third-order valence-electron chi connectivity index (χ3n) is 4.24. The van der Waals surface area contributed by atoms with Crippen LogP contribution in [0.4, 0.5) is 23.1 Å². The average Bonchev–Trinajstić information content (AvgIpc) is 3.13. The molecule has 0 atom stereocenters. The van der Waals surface area contributed by atoms with Gasteiger partial charge in [0, 0.05) is 37.7 Å². The van der Waals surface area contributed by atoms with Crippen LogP contribution in [0.2, 0.25) is 5.02 Å². The van der Waals surface area contributed by atoms with E-state index < -0.39 is 11.2 Å². The molecular formula is C16H17ClF3N5OS. The van der Waals surface area contributed by atoms with Crippen molar-refractivity contribution in [3.05, 3.63) is 39.4 Å². The molecule has 0 spiro atoms. The van der Waals surface area contributed by atoms with Gasteiger partial charge < -0.3 is 15.1 Å². The maximum atomic E-state index is 12.6. The first-order valence-corrected chi connectivity index (χ1v) is 9.37. The van der Waals surface area contributed by atoms with Crippen molar-refractivity contribution in [2.45, 2.75) is 19.6 Å². The van der Waals surface area contributed by atoms with Crippen LogP contribution < -0.4 is 10.2 Å². The third-order valence-corrected chi connectivity index (χ3v) is 5.50. The molecule has 0 bridgehead atoms. The number of amides is 2. The van der Waals surface area contributed by atoms with Crippen LogP contribution in [0.5, 0.6) is 0 Å². The van der Waals surface area contributed by atoms with Crippen LogP contribution in [0.25, 0.3) is 0 Å². The molecule has 1 aromatic heterocycles. The van der Waals surface area contributed by atoms with Gasteiger partial charge in [0.2, 0.25) is 10.1 Å². The van der Waals surface area contributed by atoms with Crippen LogP contribution in [-0.4, -0.2) is 47.3 Å². The van der Waals surface area contributed by atoms with Gasteiger partial charge in [-0.2, -0.15) is 13.2 Å². The minimum Gasteiger partial charge on any atom is -0.343 e. The van der Waals surface area contributed by atoms with Crippen molar-refractivity contribution in [1.29, 1.82) is 0 Å². The Morgan fingerprint density at radius 1 is 1.26 bits per heavy atom. The number of hydrogen-bond donors (Lipinski definition) is 1. The Morgan fingerprint density at radius 3 is 2.59 bits per heavy atom. The molecular weight excluding hydrogens is 403 g/mol. The van der Waals surface area contributed by atoms with E-state index in [9.17, 15) is 18.0 Å². The fourth-order valence-electron chi connectivity index (χ4n) is 2.67. The summed E-state index contributed by atoms with van der Waals surface area (Å²) in [6, 6.07) is 5.27. The molecule has 2 aromatic rings. The van der Waals surface area contributed by atoms with Gasteiger partial charge in [-0.05, 0) is 30.2 Å². The lowest BCUT2D eigenvalue weighted by atomic mass is 10.1. The number of aryl methyl sites for hydroxylation is 1. The van der Waals surface area contributed by atoms with Gasteiger partial charge in [0.15, 0.2) is 0 Å². The standard InChI is InChI=1S/C16H17ClF3N5OS/c1-10-2-3-12(17)8-11(10)9-21-14(26)24-4-6-25(7-5-24)15-23-22-13(27-15)16(18,19)20/h2-3,8H,4-7,9H2,1H3,(H,21,26). The zero-order valence-electron chi connectivity index (χ0n) is 14.4. The quantitative estimate of drug-likeness (QED) is 0.826. The number of anilines is 1. The molecule has 2 amide bonds. The number of piperazine rings is 1. The van der Waals surface area contributed by atoms with Crippen LogP contribution >= 0.6 is 22.9 Å². The number of nitrogens with zero attached hydrogens (tertiary/aromatic N) is 4. The molecule has 1 saturated heterocycles. The second-order valence-corrected chi connectivity index (χ2v) is 7.48. The van der Waals surface area contributed by atoms with Gasteiger partial charge >= 0.3 is 12.2 Å². The molecule has 27 heavy (non-hydrogen) atoms. The molecule has 1 N–H and O–H groups in total. The highest BCUT2D eigenvalue weighted by atomic mass is 35.5. The van der Waals surface area contributed by atoms with E-state index in [-0.39, 0.29) is 11.2 Å². The summed E-state index contributed by atoms with van der Waals surface area (Å²) in [6.45, 7) is 3.87. The summed E-state index contributed by atoms with van der Waals surface area (Å²) in [6.07, 6.45) is -4.49. The predicted molar refractivity (Wildman–Crippen MR) is 97.1 cm³/mol. The van der Waals surface area contributed by atoms with Crippen LogP contribution in [0.15, 0.2) is 18.2 Å². The van der Waals surface area contributed by atoms with Crippen molar-refractivity contribution < 1.29 is 18.0 Å². The number of hydrogen-bond acceptors (Lipinski definition) is 5. The van der Waals surface area contributed by atoms with Crippen LogP contribution in [0.1, 0.15) is 16.1 Å². The maximum absolute atomic E-state index is 12.6. The summed E-state index contributed by atoms with van der Waals surface area (Å²) in [5, 5.41) is 9.52. The lowest BCUT2D eigenvalue weighted by molar-refractivity contribution is -0.138. The van der Waals surface area contributed by atoms with Crippen LogP contribution in [0.3, 0.4) is 0 Å². The lowest BCUT2D eigenvalue weighted by Crippen LogP contribution is -2.51. The zero-order chi connectivity index (χ0) is 19.6. The van der Waals surface area contributed by atoms with E-state index in [1.807, 2.05) is 19.1 Å². The number of aromatic nitrogens is 2. The second kappa shape index (κ2) is 7.89. The van der Waals surface area contributed by atoms with E-state index in [0.29, 0.717) is 49.1 Å². The van der Waals surface area contributed by atoms with E-state index >= 15 is 0 Å². The van der Waals surface area contributed by atoms with Crippen molar-refractivity contribution in [2.24, 2.45) is 0 Å². The Labute approximate surface area is 162 Å². The van der Waals surface area contributed by atoms with E-state index in [1.54, 1.807) is 15.9 Å². The first kappa shape index (κ1) is 19.7. The Bertz CT molecular complexity index is 821. The van der Waals surface area contributed by atoms with Crippen molar-refractivity contribution in [3.63, 3.8) is 0 Å². The van der Waals surface area contributed by atoms with Gasteiger partial charge in [-0.1, -0.05) is 29.0 Å². The van der Waals surface area contributed by atoms with E-state index in [1.165, 1.54) is 0 Å². The van der Waals surface area contributed by atoms with Gasteiger partial charge in [0.25, 0.3) is 0 Å². The fraction of sp³-hybridized carbons (Fsp3) is 0.438. The van der Waals surface area contributed by atoms with E-state index in [0.717, 1.165) is 11.1 Å². The number of carbonyl (C=O) groups excluding carboxylic acids is 1. The highest BCUT2D eigenvalue weighted by Gasteiger charge is 2.36. The molecule has 11 heteroatoms. The summed E-state index contributed by atoms with van der Waals surface area (Å²) >= 11 is 6.49. The molecule has 0 aliphatic carbocycles. The molecule has 6 nitrogen and oxygen atoms in total. The smallest absolute Gasteiger partial charge is 0.343 e. The zero-order valence-corrected chi connectivity index (χ0v) is 16.0. The van der Waals surface area contributed by atoms with Gasteiger partial charge in [0.05, 0.1) is 0 Å². The highest BCUT2D eigenvalue weighted by molar-refractivity contribution is 7.15. The van der Waals surface area contributed by atoms with E-state index in [4.69, 9.17) is 11.6 Å².